The molecule has 0 bridgehead atoms. The quantitative estimate of drug-likeness (QED) is 0.790. The zero-order valence-corrected chi connectivity index (χ0v) is 12.6. The van der Waals surface area contributed by atoms with Crippen molar-refractivity contribution in [2.45, 2.75) is 13.8 Å². The molecule has 0 radical (unpaired) electrons. The number of carbonyl (C=O) groups excluding carboxylic acids is 1. The number of amides is 1. The zero-order chi connectivity index (χ0) is 16.1. The predicted molar refractivity (Wildman–Crippen MR) is 86.7 cm³/mol. The molecule has 0 aliphatic heterocycles. The molecule has 0 fully saturated rings. The molecule has 1 aromatic carbocycles. The van der Waals surface area contributed by atoms with Crippen LogP contribution in [0, 0.1) is 0 Å². The Balaban J connectivity index is 2.13. The first kappa shape index (κ1) is 15.6. The average molecular weight is 301 g/mol. The van der Waals surface area contributed by atoms with Gasteiger partial charge in [-0.25, -0.2) is 0 Å². The summed E-state index contributed by atoms with van der Waals surface area (Å²) in [4.78, 5) is 27.7. The summed E-state index contributed by atoms with van der Waals surface area (Å²) in [6.07, 6.45) is 0. The Kier molecular flexibility index (Phi) is 4.83. The van der Waals surface area contributed by atoms with Crippen LogP contribution in [0.1, 0.15) is 24.2 Å². The topological polar surface area (TPSA) is 85.4 Å². The Morgan fingerprint density at radius 2 is 1.82 bits per heavy atom. The van der Waals surface area contributed by atoms with E-state index in [9.17, 15) is 14.7 Å². The lowest BCUT2D eigenvalue weighted by Gasteiger charge is -2.21. The smallest absolute Gasteiger partial charge is 0.256 e. The van der Waals surface area contributed by atoms with E-state index in [0.717, 1.165) is 24.8 Å². The molecule has 3 N–H and O–H groups in total. The van der Waals surface area contributed by atoms with E-state index in [0.29, 0.717) is 5.69 Å². The van der Waals surface area contributed by atoms with Crippen LogP contribution in [0.25, 0.3) is 0 Å². The lowest BCUT2D eigenvalue weighted by atomic mass is 10.2. The molecule has 22 heavy (non-hydrogen) atoms. The first-order chi connectivity index (χ1) is 10.5. The second-order valence-electron chi connectivity index (χ2n) is 4.79. The fourth-order valence-electron chi connectivity index (χ4n) is 2.21. The number of carbonyl (C=O) groups is 1. The predicted octanol–water partition coefficient (Wildman–Crippen LogP) is 2.18. The Morgan fingerprint density at radius 3 is 2.36 bits per heavy atom. The third-order valence-electron chi connectivity index (χ3n) is 3.35. The molecule has 0 saturated heterocycles. The molecule has 1 amide bonds. The largest absolute Gasteiger partial charge is 0.494 e. The van der Waals surface area contributed by atoms with Gasteiger partial charge in [-0.3, -0.25) is 14.6 Å². The third kappa shape index (κ3) is 3.66. The minimum Gasteiger partial charge on any atom is -0.494 e. The van der Waals surface area contributed by atoms with Crippen molar-refractivity contribution in [1.82, 2.24) is 4.98 Å². The maximum atomic E-state index is 12.1. The summed E-state index contributed by atoms with van der Waals surface area (Å²) in [6.45, 7) is 5.99. The molecular formula is C16H19N3O3. The summed E-state index contributed by atoms with van der Waals surface area (Å²) in [5.41, 5.74) is 1.29. The van der Waals surface area contributed by atoms with Gasteiger partial charge in [0.1, 0.15) is 0 Å². The minimum atomic E-state index is -0.526. The Labute approximate surface area is 128 Å². The van der Waals surface area contributed by atoms with Crippen molar-refractivity contribution in [2.24, 2.45) is 0 Å². The molecule has 6 heteroatoms. The van der Waals surface area contributed by atoms with Gasteiger partial charge >= 0.3 is 0 Å². The van der Waals surface area contributed by atoms with Gasteiger partial charge in [0.25, 0.3) is 11.5 Å². The molecule has 0 unspecified atom stereocenters. The number of nitrogens with one attached hydrogen (secondary N) is 2. The number of hydrogen-bond acceptors (Lipinski definition) is 4. The highest BCUT2D eigenvalue weighted by Crippen LogP contribution is 2.18. The van der Waals surface area contributed by atoms with E-state index < -0.39 is 11.5 Å². The van der Waals surface area contributed by atoms with Gasteiger partial charge in [0.15, 0.2) is 5.88 Å². The molecule has 0 aliphatic carbocycles. The molecule has 2 rings (SSSR count). The Bertz CT molecular complexity index is 703. The molecule has 116 valence electrons. The number of aromatic hydroxyl groups is 1. The monoisotopic (exact) mass is 301 g/mol. The molecule has 1 aromatic heterocycles. The highest BCUT2D eigenvalue weighted by Gasteiger charge is 2.09. The van der Waals surface area contributed by atoms with Crippen molar-refractivity contribution >= 4 is 17.3 Å². The van der Waals surface area contributed by atoms with Crippen LogP contribution in [0.15, 0.2) is 41.2 Å². The zero-order valence-electron chi connectivity index (χ0n) is 12.6. The normalized spacial score (nSPS) is 10.3. The summed E-state index contributed by atoms with van der Waals surface area (Å²) in [5, 5.41) is 12.0. The van der Waals surface area contributed by atoms with Crippen LogP contribution in [-0.4, -0.2) is 29.1 Å². The van der Waals surface area contributed by atoms with Gasteiger partial charge in [0.05, 0.1) is 5.56 Å². The molecule has 6 nitrogen and oxygen atoms in total. The maximum absolute atomic E-state index is 12.1. The van der Waals surface area contributed by atoms with Gasteiger partial charge in [-0.1, -0.05) is 0 Å². The number of aromatic amines is 1. The van der Waals surface area contributed by atoms with E-state index in [-0.39, 0.29) is 11.4 Å². The minimum absolute atomic E-state index is 0.106. The van der Waals surface area contributed by atoms with Crippen LogP contribution >= 0.6 is 0 Å². The molecule has 1 heterocycles. The summed E-state index contributed by atoms with van der Waals surface area (Å²) >= 11 is 0. The molecule has 0 aliphatic rings. The lowest BCUT2D eigenvalue weighted by molar-refractivity contribution is 0.102. The van der Waals surface area contributed by atoms with Crippen molar-refractivity contribution in [2.75, 3.05) is 23.3 Å². The van der Waals surface area contributed by atoms with Crippen LogP contribution in [0.5, 0.6) is 5.88 Å². The van der Waals surface area contributed by atoms with Gasteiger partial charge in [-0.15, -0.1) is 0 Å². The highest BCUT2D eigenvalue weighted by atomic mass is 16.3. The fraction of sp³-hybridized carbons (Fsp3) is 0.250. The van der Waals surface area contributed by atoms with E-state index in [4.69, 9.17) is 0 Å². The molecule has 0 saturated carbocycles. The number of pyridine rings is 1. The van der Waals surface area contributed by atoms with E-state index in [1.165, 1.54) is 6.07 Å². The van der Waals surface area contributed by atoms with Crippen LogP contribution < -0.4 is 15.8 Å². The van der Waals surface area contributed by atoms with Crippen molar-refractivity contribution in [3.05, 3.63) is 52.3 Å². The third-order valence-corrected chi connectivity index (χ3v) is 3.35. The summed E-state index contributed by atoms with van der Waals surface area (Å²) in [5.74, 6) is -0.786. The van der Waals surface area contributed by atoms with E-state index in [2.05, 4.69) is 29.0 Å². The highest BCUT2D eigenvalue weighted by molar-refractivity contribution is 6.04. The second kappa shape index (κ2) is 6.80. The van der Waals surface area contributed by atoms with E-state index in [1.807, 2.05) is 12.1 Å². The van der Waals surface area contributed by atoms with Crippen LogP contribution in [0.3, 0.4) is 0 Å². The average Bonchev–Trinajstić information content (AvgIpc) is 2.49. The van der Waals surface area contributed by atoms with Gasteiger partial charge < -0.3 is 15.3 Å². The van der Waals surface area contributed by atoms with Crippen molar-refractivity contribution in [3.8, 4) is 5.88 Å². The number of aromatic nitrogens is 1. The first-order valence-electron chi connectivity index (χ1n) is 7.13. The summed E-state index contributed by atoms with van der Waals surface area (Å²) in [7, 11) is 0. The number of H-pyrrole nitrogens is 1. The first-order valence-corrected chi connectivity index (χ1v) is 7.13. The Morgan fingerprint density at radius 1 is 1.18 bits per heavy atom. The summed E-state index contributed by atoms with van der Waals surface area (Å²) in [6, 6.07) is 9.81. The van der Waals surface area contributed by atoms with Crippen LogP contribution in [-0.2, 0) is 0 Å². The standard InChI is InChI=1S/C16H19N3O3/c1-3-19(4-2)13-7-5-12(6-8-13)17-16(22)11-9-14(20)18-15(21)10-11/h5-10H,3-4H2,1-2H3,(H,17,22)(H2,18,20,21). The van der Waals surface area contributed by atoms with Crippen LogP contribution in [0.2, 0.25) is 0 Å². The molecule has 2 aromatic rings. The summed E-state index contributed by atoms with van der Waals surface area (Å²) < 4.78 is 0. The fourth-order valence-corrected chi connectivity index (χ4v) is 2.21. The van der Waals surface area contributed by atoms with Crippen LogP contribution in [0.4, 0.5) is 11.4 Å². The lowest BCUT2D eigenvalue weighted by Crippen LogP contribution is -2.21. The van der Waals surface area contributed by atoms with Gasteiger partial charge in [0, 0.05) is 36.6 Å². The SMILES string of the molecule is CCN(CC)c1ccc(NC(=O)c2cc(O)[nH]c(=O)c2)cc1. The molecule has 0 spiro atoms. The second-order valence-corrected chi connectivity index (χ2v) is 4.79. The number of nitrogens with zero attached hydrogens (tertiary/aromatic N) is 1. The van der Waals surface area contributed by atoms with E-state index >= 15 is 0 Å². The molecule has 0 atom stereocenters. The van der Waals surface area contributed by atoms with Crippen molar-refractivity contribution < 1.29 is 9.90 Å². The number of anilines is 2. The van der Waals surface area contributed by atoms with Gasteiger partial charge in [-0.2, -0.15) is 0 Å². The van der Waals surface area contributed by atoms with Gasteiger partial charge in [-0.05, 0) is 38.1 Å². The maximum Gasteiger partial charge on any atom is 0.256 e. The van der Waals surface area contributed by atoms with Crippen molar-refractivity contribution in [1.29, 1.82) is 0 Å². The Hall–Kier alpha value is -2.76. The van der Waals surface area contributed by atoms with Gasteiger partial charge in [0.2, 0.25) is 0 Å². The number of benzene rings is 1. The number of hydrogen-bond donors (Lipinski definition) is 3. The van der Waals surface area contributed by atoms with Crippen molar-refractivity contribution in [3.63, 3.8) is 0 Å². The van der Waals surface area contributed by atoms with E-state index in [1.54, 1.807) is 12.1 Å². The number of rotatable bonds is 5. The molecular weight excluding hydrogens is 282 g/mol.